The Morgan fingerprint density at radius 1 is 0.821 bits per heavy atom. The summed E-state index contributed by atoms with van der Waals surface area (Å²) in [6, 6.07) is 12.5. The van der Waals surface area contributed by atoms with Gasteiger partial charge < -0.3 is 19.3 Å². The van der Waals surface area contributed by atoms with Crippen molar-refractivity contribution in [1.29, 1.82) is 0 Å². The van der Waals surface area contributed by atoms with Crippen molar-refractivity contribution in [1.82, 2.24) is 9.80 Å². The molecule has 1 aliphatic rings. The zero-order valence-electron chi connectivity index (χ0n) is 16.1. The van der Waals surface area contributed by atoms with Crippen LogP contribution in [0.25, 0.3) is 0 Å². The maximum Gasteiger partial charge on any atom is 0.261 e. The molecule has 1 aliphatic heterocycles. The fourth-order valence-electron chi connectivity index (χ4n) is 3.37. The number of hydrogen-bond donors (Lipinski definition) is 1. The zero-order valence-corrected chi connectivity index (χ0v) is 16.9. The van der Waals surface area contributed by atoms with E-state index in [0.29, 0.717) is 60.1 Å². The van der Waals surface area contributed by atoms with Gasteiger partial charge in [-0.3, -0.25) is 9.59 Å². The van der Waals surface area contributed by atoms with E-state index in [2.05, 4.69) is 12.6 Å². The number of methoxy groups -OCH3 is 2. The van der Waals surface area contributed by atoms with Crippen molar-refractivity contribution < 1.29 is 19.1 Å². The van der Waals surface area contributed by atoms with Crippen LogP contribution < -0.4 is 9.47 Å². The maximum atomic E-state index is 13.2. The average Bonchev–Trinajstić information content (AvgIpc) is 2.98. The summed E-state index contributed by atoms with van der Waals surface area (Å²) >= 11 is 4.39. The van der Waals surface area contributed by atoms with E-state index in [1.807, 2.05) is 12.1 Å². The molecule has 28 heavy (non-hydrogen) atoms. The third-order valence-electron chi connectivity index (χ3n) is 4.85. The number of benzene rings is 2. The molecule has 7 heteroatoms. The maximum absolute atomic E-state index is 13.2. The van der Waals surface area contributed by atoms with Crippen LogP contribution in [0.1, 0.15) is 27.1 Å². The van der Waals surface area contributed by atoms with E-state index in [1.54, 1.807) is 40.1 Å². The summed E-state index contributed by atoms with van der Waals surface area (Å²) in [7, 11) is 3.06. The van der Waals surface area contributed by atoms with E-state index in [1.165, 1.54) is 14.2 Å². The molecule has 6 nitrogen and oxygen atoms in total. The summed E-state index contributed by atoms with van der Waals surface area (Å²) in [5, 5.41) is 0. The van der Waals surface area contributed by atoms with Crippen LogP contribution in [-0.4, -0.2) is 62.0 Å². The molecule has 0 saturated carbocycles. The first kappa shape index (κ1) is 20.1. The van der Waals surface area contributed by atoms with Gasteiger partial charge in [0.2, 0.25) is 0 Å². The number of hydrogen-bond acceptors (Lipinski definition) is 5. The minimum Gasteiger partial charge on any atom is -0.496 e. The molecule has 0 unspecified atom stereocenters. The molecule has 0 atom stereocenters. The van der Waals surface area contributed by atoms with Crippen molar-refractivity contribution in [3.8, 4) is 11.5 Å². The minimum absolute atomic E-state index is 0.0604. The molecule has 0 aliphatic carbocycles. The number of thiol groups is 1. The number of carbonyl (C=O) groups is 2. The largest absolute Gasteiger partial charge is 0.496 e. The first-order chi connectivity index (χ1) is 13.6. The summed E-state index contributed by atoms with van der Waals surface area (Å²) in [6.07, 6.45) is 0.698. The van der Waals surface area contributed by atoms with Gasteiger partial charge in [0.15, 0.2) is 0 Å². The molecule has 1 fully saturated rings. The SMILES string of the molecule is COc1cccc(OC)c1C(=O)N1CCCN(C(=O)c2ccccc2S)CC1. The predicted octanol–water partition coefficient (Wildman–Crippen LogP) is 2.98. The molecule has 1 saturated heterocycles. The molecular weight excluding hydrogens is 376 g/mol. The van der Waals surface area contributed by atoms with Gasteiger partial charge in [0.25, 0.3) is 11.8 Å². The molecule has 3 rings (SSSR count). The second-order valence-corrected chi connectivity index (χ2v) is 6.97. The number of amides is 2. The van der Waals surface area contributed by atoms with E-state index >= 15 is 0 Å². The van der Waals surface area contributed by atoms with E-state index in [4.69, 9.17) is 9.47 Å². The van der Waals surface area contributed by atoms with Gasteiger partial charge >= 0.3 is 0 Å². The molecule has 2 aromatic rings. The Balaban J connectivity index is 1.76. The smallest absolute Gasteiger partial charge is 0.261 e. The molecule has 0 aromatic heterocycles. The second-order valence-electron chi connectivity index (χ2n) is 6.49. The number of ether oxygens (including phenoxy) is 2. The van der Waals surface area contributed by atoms with Gasteiger partial charge in [-0.2, -0.15) is 0 Å². The fraction of sp³-hybridized carbons (Fsp3) is 0.333. The summed E-state index contributed by atoms with van der Waals surface area (Å²) in [4.78, 5) is 30.2. The lowest BCUT2D eigenvalue weighted by Crippen LogP contribution is -2.37. The normalized spacial score (nSPS) is 14.4. The van der Waals surface area contributed by atoms with Crippen LogP contribution in [0, 0.1) is 0 Å². The van der Waals surface area contributed by atoms with Crippen molar-refractivity contribution >= 4 is 24.4 Å². The highest BCUT2D eigenvalue weighted by atomic mass is 32.1. The molecule has 1 heterocycles. The Hall–Kier alpha value is -2.67. The average molecular weight is 401 g/mol. The van der Waals surface area contributed by atoms with Crippen molar-refractivity contribution in [2.75, 3.05) is 40.4 Å². The lowest BCUT2D eigenvalue weighted by atomic mass is 10.1. The lowest BCUT2D eigenvalue weighted by molar-refractivity contribution is 0.0713. The van der Waals surface area contributed by atoms with Gasteiger partial charge in [-0.15, -0.1) is 12.6 Å². The molecular formula is C21H24N2O4S. The van der Waals surface area contributed by atoms with Crippen molar-refractivity contribution in [2.45, 2.75) is 11.3 Å². The first-order valence-corrected chi connectivity index (χ1v) is 9.59. The highest BCUT2D eigenvalue weighted by Crippen LogP contribution is 2.30. The summed E-state index contributed by atoms with van der Waals surface area (Å²) in [6.45, 7) is 2.06. The van der Waals surface area contributed by atoms with Crippen LogP contribution in [0.3, 0.4) is 0 Å². The van der Waals surface area contributed by atoms with Crippen molar-refractivity contribution in [3.05, 3.63) is 53.6 Å². The fourth-order valence-corrected chi connectivity index (χ4v) is 3.62. The topological polar surface area (TPSA) is 59.1 Å². The van der Waals surface area contributed by atoms with Gasteiger partial charge in [-0.1, -0.05) is 18.2 Å². The van der Waals surface area contributed by atoms with Crippen molar-refractivity contribution in [2.24, 2.45) is 0 Å². The Morgan fingerprint density at radius 3 is 1.96 bits per heavy atom. The van der Waals surface area contributed by atoms with Crippen molar-refractivity contribution in [3.63, 3.8) is 0 Å². The van der Waals surface area contributed by atoms with Crippen LogP contribution in [-0.2, 0) is 0 Å². The minimum atomic E-state index is -0.154. The van der Waals surface area contributed by atoms with Gasteiger partial charge in [0.05, 0.1) is 19.8 Å². The highest BCUT2D eigenvalue weighted by Gasteiger charge is 2.27. The molecule has 2 aromatic carbocycles. The Kier molecular flexibility index (Phi) is 6.46. The first-order valence-electron chi connectivity index (χ1n) is 9.14. The third kappa shape index (κ3) is 4.09. The summed E-state index contributed by atoms with van der Waals surface area (Å²) in [5.74, 6) is 0.740. The van der Waals surface area contributed by atoms with Crippen LogP contribution in [0.4, 0.5) is 0 Å². The number of rotatable bonds is 4. The lowest BCUT2D eigenvalue weighted by Gasteiger charge is -2.24. The van der Waals surface area contributed by atoms with E-state index in [0.717, 1.165) is 0 Å². The summed E-state index contributed by atoms with van der Waals surface area (Å²) < 4.78 is 10.7. The molecule has 0 N–H and O–H groups in total. The molecule has 2 amide bonds. The van der Waals surface area contributed by atoms with Crippen LogP contribution in [0.2, 0.25) is 0 Å². The Morgan fingerprint density at radius 2 is 1.39 bits per heavy atom. The molecule has 0 radical (unpaired) electrons. The highest BCUT2D eigenvalue weighted by molar-refractivity contribution is 7.80. The number of carbonyl (C=O) groups excluding carboxylic acids is 2. The van der Waals surface area contributed by atoms with Gasteiger partial charge in [-0.25, -0.2) is 0 Å². The third-order valence-corrected chi connectivity index (χ3v) is 5.24. The molecule has 0 bridgehead atoms. The Labute approximate surface area is 170 Å². The van der Waals surface area contributed by atoms with Crippen LogP contribution in [0.15, 0.2) is 47.4 Å². The van der Waals surface area contributed by atoms with E-state index < -0.39 is 0 Å². The van der Waals surface area contributed by atoms with Gasteiger partial charge in [0, 0.05) is 31.1 Å². The molecule has 148 valence electrons. The van der Waals surface area contributed by atoms with Gasteiger partial charge in [0.1, 0.15) is 17.1 Å². The predicted molar refractivity (Wildman–Crippen MR) is 110 cm³/mol. The number of nitrogens with zero attached hydrogens (tertiary/aromatic N) is 2. The monoisotopic (exact) mass is 400 g/mol. The summed E-state index contributed by atoms with van der Waals surface area (Å²) in [5.41, 5.74) is 0.991. The molecule has 0 spiro atoms. The second kappa shape index (κ2) is 9.01. The van der Waals surface area contributed by atoms with Crippen LogP contribution >= 0.6 is 12.6 Å². The van der Waals surface area contributed by atoms with Gasteiger partial charge in [-0.05, 0) is 30.7 Å². The van der Waals surface area contributed by atoms with E-state index in [-0.39, 0.29) is 11.8 Å². The quantitative estimate of drug-likeness (QED) is 0.802. The zero-order chi connectivity index (χ0) is 20.1. The van der Waals surface area contributed by atoms with E-state index in [9.17, 15) is 9.59 Å². The van der Waals surface area contributed by atoms with Crippen LogP contribution in [0.5, 0.6) is 11.5 Å². The standard InChI is InChI=1S/C21H24N2O4S/c1-26-16-8-5-9-17(27-2)19(16)21(25)23-12-6-11-22(13-14-23)20(24)15-7-3-4-10-18(15)28/h3-5,7-10,28H,6,11-14H2,1-2H3. The Bertz CT molecular complexity index is 849.